The smallest absolute Gasteiger partial charge is 0.465 e. The third-order valence-electron chi connectivity index (χ3n) is 8.76. The van der Waals surface area contributed by atoms with Gasteiger partial charge in [0.15, 0.2) is 35.6 Å². The van der Waals surface area contributed by atoms with Crippen LogP contribution < -0.4 is 5.32 Å². The van der Waals surface area contributed by atoms with Crippen molar-refractivity contribution in [2.75, 3.05) is 32.2 Å². The fourth-order valence-electron chi connectivity index (χ4n) is 6.17. The fraction of sp³-hybridized carbons (Fsp3) is 0.394. The van der Waals surface area contributed by atoms with Gasteiger partial charge in [-0.05, 0) is 24.3 Å². The van der Waals surface area contributed by atoms with Crippen LogP contribution in [0.15, 0.2) is 61.2 Å². The number of imidazole rings is 1. The van der Waals surface area contributed by atoms with Crippen molar-refractivity contribution in [2.24, 2.45) is 0 Å². The summed E-state index contributed by atoms with van der Waals surface area (Å²) >= 11 is 0. The highest BCUT2D eigenvalue weighted by molar-refractivity contribution is 7.48. The molecule has 0 spiro atoms. The van der Waals surface area contributed by atoms with E-state index >= 15 is 8.78 Å². The van der Waals surface area contributed by atoms with Crippen LogP contribution in [-0.4, -0.2) is 109 Å². The molecule has 2 saturated heterocycles. The number of phosphoric ester groups is 1. The number of amides is 1. The molecule has 2 aromatic carbocycles. The Bertz CT molecular complexity index is 2270. The zero-order valence-corrected chi connectivity index (χ0v) is 29.6. The Morgan fingerprint density at radius 3 is 2.65 bits per heavy atom. The average Bonchev–Trinajstić information content (AvgIpc) is 3.99. The average molecular weight is 784 g/mol. The van der Waals surface area contributed by atoms with Crippen LogP contribution >= 0.6 is 7.82 Å². The Hall–Kier alpha value is -5.33. The number of methoxy groups -OCH3 is 1. The van der Waals surface area contributed by atoms with Crippen molar-refractivity contribution in [3.63, 3.8) is 0 Å². The normalized spacial score (nSPS) is 24.8. The molecular weight excluding hydrogens is 751 g/mol. The molecule has 22 heteroatoms. The van der Waals surface area contributed by atoms with E-state index in [9.17, 15) is 19.3 Å². The van der Waals surface area contributed by atoms with E-state index in [2.05, 4.69) is 30.6 Å². The molecule has 2 N–H and O–H groups in total. The molecule has 19 nitrogen and oxygen atoms in total. The molecule has 288 valence electrons. The van der Waals surface area contributed by atoms with Crippen molar-refractivity contribution in [2.45, 2.75) is 56.0 Å². The molecular formula is C33H32F2N9O10P. The van der Waals surface area contributed by atoms with Gasteiger partial charge in [0.1, 0.15) is 30.2 Å². The van der Waals surface area contributed by atoms with Crippen LogP contribution in [-0.2, 0) is 32.3 Å². The van der Waals surface area contributed by atoms with E-state index < -0.39 is 82.6 Å². The number of fused-ring (bicyclic) bond motifs is 2. The lowest BCUT2D eigenvalue weighted by Crippen LogP contribution is -2.34. The van der Waals surface area contributed by atoms with Crippen molar-refractivity contribution in [1.29, 1.82) is 5.26 Å². The molecule has 5 aromatic rings. The predicted octanol–water partition coefficient (Wildman–Crippen LogP) is 3.60. The van der Waals surface area contributed by atoms with E-state index in [0.717, 1.165) is 4.68 Å². The van der Waals surface area contributed by atoms with Crippen molar-refractivity contribution in [3.8, 4) is 6.07 Å². The number of esters is 1. The summed E-state index contributed by atoms with van der Waals surface area (Å²) in [5, 5.41) is 29.7. The summed E-state index contributed by atoms with van der Waals surface area (Å²) in [7, 11) is -3.58. The number of aromatic nitrogens is 7. The third kappa shape index (κ3) is 7.66. The molecule has 3 aromatic heterocycles. The maximum Gasteiger partial charge on any atom is 0.475 e. The van der Waals surface area contributed by atoms with Crippen molar-refractivity contribution < 1.29 is 55.8 Å². The monoisotopic (exact) mass is 783 g/mol. The molecule has 8 atom stereocenters. The Morgan fingerprint density at radius 2 is 1.89 bits per heavy atom. The summed E-state index contributed by atoms with van der Waals surface area (Å²) < 4.78 is 80.9. The Kier molecular flexibility index (Phi) is 11.2. The van der Waals surface area contributed by atoms with Crippen LogP contribution in [0.5, 0.6) is 0 Å². The number of nitrogens with one attached hydrogen (secondary N) is 1. The zero-order valence-electron chi connectivity index (χ0n) is 28.8. The van der Waals surface area contributed by atoms with Gasteiger partial charge in [-0.2, -0.15) is 5.26 Å². The number of halogens is 2. The van der Waals surface area contributed by atoms with Gasteiger partial charge in [0, 0.05) is 12.0 Å². The second kappa shape index (κ2) is 16.2. The SMILES string of the molecule is COC(=O)c1cccc2c1nnn2[C@@H]1O[C@H](CO)[C@@H](OP(=O)(OCCC#N)OC[C@@H]2C[C@@H](F)[C@H](n3cnc4c(NC(=O)c5ccccc5)ncnc43)O2)[C@H]1F. The Morgan fingerprint density at radius 1 is 1.07 bits per heavy atom. The van der Waals surface area contributed by atoms with Crippen LogP contribution in [0.1, 0.15) is 46.0 Å². The Balaban J connectivity index is 1.05. The van der Waals surface area contributed by atoms with Gasteiger partial charge < -0.3 is 24.6 Å². The maximum absolute atomic E-state index is 16.2. The van der Waals surface area contributed by atoms with Gasteiger partial charge in [-0.25, -0.2) is 37.8 Å². The second-order valence-electron chi connectivity index (χ2n) is 12.2. The highest BCUT2D eigenvalue weighted by Crippen LogP contribution is 2.54. The molecule has 2 fully saturated rings. The summed E-state index contributed by atoms with van der Waals surface area (Å²) in [5.41, 5.74) is 1.06. The van der Waals surface area contributed by atoms with Crippen LogP contribution in [0.4, 0.5) is 14.6 Å². The standard InChI is InChI=1S/C33H32F2N9O10P/c1-49-33(47)20-9-5-10-22-25(20)41-42-44(22)32-24(35)27(23(14-45)53-32)54-55(48,50-12-6-11-36)51-15-19-13-21(34)31(52-19)43-17-39-26-28(37-16-38-29(26)43)40-30(46)18-7-3-2-4-8-18/h2-5,7-10,16-17,19,21,23-24,27,31-32,45H,6,12-15H2,1H3,(H,37,38,40,46)/t19-,21+,23+,24+,27+,31+,32+,55?/m0/s1. The van der Waals surface area contributed by atoms with Gasteiger partial charge >= 0.3 is 13.8 Å². The number of rotatable bonds is 14. The number of carbonyl (C=O) groups excluding carboxylic acids is 2. The lowest BCUT2D eigenvalue weighted by Gasteiger charge is -2.25. The number of nitrogens with zero attached hydrogens (tertiary/aromatic N) is 8. The number of aliphatic hydroxyl groups excluding tert-OH is 1. The molecule has 55 heavy (non-hydrogen) atoms. The minimum absolute atomic E-state index is 0.0634. The summed E-state index contributed by atoms with van der Waals surface area (Å²) in [6, 6.07) is 14.7. The summed E-state index contributed by atoms with van der Waals surface area (Å²) in [4.78, 5) is 37.6. The number of anilines is 1. The predicted molar refractivity (Wildman–Crippen MR) is 183 cm³/mol. The number of hydrogen-bond acceptors (Lipinski definition) is 16. The fourth-order valence-corrected chi connectivity index (χ4v) is 7.58. The molecule has 5 heterocycles. The molecule has 0 aliphatic carbocycles. The maximum atomic E-state index is 16.2. The Labute approximate surface area is 309 Å². The first kappa shape index (κ1) is 38.0. The number of ether oxygens (including phenoxy) is 3. The minimum atomic E-state index is -4.77. The van der Waals surface area contributed by atoms with E-state index in [1.807, 2.05) is 6.07 Å². The molecule has 2 aliphatic heterocycles. The van der Waals surface area contributed by atoms with E-state index in [-0.39, 0.29) is 46.4 Å². The van der Waals surface area contributed by atoms with Crippen molar-refractivity contribution in [1.82, 2.24) is 34.5 Å². The number of alkyl halides is 2. The number of hydrogen-bond donors (Lipinski definition) is 2. The van der Waals surface area contributed by atoms with Crippen LogP contribution in [0.2, 0.25) is 0 Å². The van der Waals surface area contributed by atoms with E-state index in [4.69, 9.17) is 33.0 Å². The number of aliphatic hydroxyl groups is 1. The van der Waals surface area contributed by atoms with Gasteiger partial charge in [0.05, 0.1) is 62.9 Å². The van der Waals surface area contributed by atoms with Crippen molar-refractivity contribution in [3.05, 3.63) is 72.3 Å². The lowest BCUT2D eigenvalue weighted by atomic mass is 10.1. The second-order valence-corrected chi connectivity index (χ2v) is 13.8. The summed E-state index contributed by atoms with van der Waals surface area (Å²) in [6.07, 6.45) is -8.89. The van der Waals surface area contributed by atoms with E-state index in [1.165, 1.54) is 42.5 Å². The summed E-state index contributed by atoms with van der Waals surface area (Å²) in [5.74, 6) is -1.06. The quantitative estimate of drug-likeness (QED) is 0.0929. The van der Waals surface area contributed by atoms with Gasteiger partial charge in [-0.1, -0.05) is 29.5 Å². The first-order chi connectivity index (χ1) is 26.6. The van der Waals surface area contributed by atoms with E-state index in [0.29, 0.717) is 5.56 Å². The number of benzene rings is 2. The van der Waals surface area contributed by atoms with Crippen LogP contribution in [0.3, 0.4) is 0 Å². The van der Waals surface area contributed by atoms with Gasteiger partial charge in [-0.15, -0.1) is 5.10 Å². The highest BCUT2D eigenvalue weighted by Gasteiger charge is 2.52. The first-order valence-electron chi connectivity index (χ1n) is 16.7. The van der Waals surface area contributed by atoms with Gasteiger partial charge in [0.2, 0.25) is 0 Å². The molecule has 7 rings (SSSR count). The third-order valence-corrected chi connectivity index (χ3v) is 10.2. The topological polar surface area (TPSA) is 237 Å². The van der Waals surface area contributed by atoms with Gasteiger partial charge in [-0.3, -0.25) is 22.9 Å². The molecule has 1 amide bonds. The number of carbonyl (C=O) groups is 2. The first-order valence-corrected chi connectivity index (χ1v) is 18.2. The molecule has 2 aliphatic rings. The largest absolute Gasteiger partial charge is 0.475 e. The molecule has 0 saturated carbocycles. The number of phosphoric acid groups is 1. The molecule has 0 bridgehead atoms. The van der Waals surface area contributed by atoms with Crippen LogP contribution in [0, 0.1) is 11.3 Å². The van der Waals surface area contributed by atoms with Gasteiger partial charge in [0.25, 0.3) is 5.91 Å². The highest BCUT2D eigenvalue weighted by atomic mass is 31.2. The zero-order chi connectivity index (χ0) is 38.7. The van der Waals surface area contributed by atoms with Crippen molar-refractivity contribution >= 4 is 47.7 Å². The lowest BCUT2D eigenvalue weighted by molar-refractivity contribution is -0.0561. The van der Waals surface area contributed by atoms with E-state index in [1.54, 1.807) is 30.3 Å². The molecule has 0 radical (unpaired) electrons. The summed E-state index contributed by atoms with van der Waals surface area (Å²) in [6.45, 7) is -1.81. The number of nitriles is 1. The molecule has 1 unspecified atom stereocenters. The minimum Gasteiger partial charge on any atom is -0.465 e. The van der Waals surface area contributed by atoms with Crippen LogP contribution in [0.25, 0.3) is 22.2 Å².